The van der Waals surface area contributed by atoms with Crippen LogP contribution >= 0.6 is 11.6 Å². The molecule has 2 amide bonds. The van der Waals surface area contributed by atoms with Crippen LogP contribution in [0, 0.1) is 5.92 Å². The van der Waals surface area contributed by atoms with Crippen molar-refractivity contribution in [2.24, 2.45) is 11.7 Å². The highest BCUT2D eigenvalue weighted by molar-refractivity contribution is 6.34. The number of rotatable bonds is 5. The summed E-state index contributed by atoms with van der Waals surface area (Å²) in [7, 11) is 0. The monoisotopic (exact) mass is 371 g/mol. The lowest BCUT2D eigenvalue weighted by molar-refractivity contribution is -0.129. The summed E-state index contributed by atoms with van der Waals surface area (Å²) in [5, 5.41) is 3.37. The third kappa shape index (κ3) is 3.74. The molecule has 26 heavy (non-hydrogen) atoms. The second-order valence-electron chi connectivity index (χ2n) is 6.52. The molecule has 2 aromatic rings. The molecule has 6 heteroatoms. The minimum Gasteiger partial charge on any atom is -0.344 e. The van der Waals surface area contributed by atoms with Gasteiger partial charge in [0, 0.05) is 12.6 Å². The van der Waals surface area contributed by atoms with Crippen LogP contribution in [0.25, 0.3) is 0 Å². The number of nitrogens with one attached hydrogen (secondary N) is 1. The standard InChI is InChI=1S/C20H22ClN3O2/c1-13(18(22)14-7-3-2-4-8-14)19(25)23-16-11-12-24(20(16)26)17-10-6-5-9-15(17)21/h2-10,13,16,18H,11-12,22H2,1H3,(H,23,25). The molecule has 1 saturated heterocycles. The smallest absolute Gasteiger partial charge is 0.249 e. The largest absolute Gasteiger partial charge is 0.344 e. The lowest BCUT2D eigenvalue weighted by atomic mass is 9.94. The maximum atomic E-state index is 12.7. The molecule has 3 atom stereocenters. The van der Waals surface area contributed by atoms with Crippen LogP contribution in [0.1, 0.15) is 24.9 Å². The van der Waals surface area contributed by atoms with Crippen molar-refractivity contribution < 1.29 is 9.59 Å². The molecule has 0 spiro atoms. The molecule has 5 nitrogen and oxygen atoms in total. The maximum Gasteiger partial charge on any atom is 0.249 e. The number of halogens is 1. The van der Waals surface area contributed by atoms with Crippen molar-refractivity contribution in [2.45, 2.75) is 25.4 Å². The average molecular weight is 372 g/mol. The second-order valence-corrected chi connectivity index (χ2v) is 6.92. The Balaban J connectivity index is 1.65. The van der Waals surface area contributed by atoms with Gasteiger partial charge in [0.05, 0.1) is 16.6 Å². The third-order valence-electron chi connectivity index (χ3n) is 4.80. The molecule has 1 aliphatic heterocycles. The van der Waals surface area contributed by atoms with Crippen molar-refractivity contribution >= 4 is 29.1 Å². The molecule has 3 rings (SSSR count). The van der Waals surface area contributed by atoms with E-state index in [0.717, 1.165) is 5.56 Å². The van der Waals surface area contributed by atoms with Gasteiger partial charge in [-0.2, -0.15) is 0 Å². The number of anilines is 1. The van der Waals surface area contributed by atoms with E-state index in [4.69, 9.17) is 17.3 Å². The van der Waals surface area contributed by atoms with Crippen LogP contribution in [0.2, 0.25) is 5.02 Å². The van der Waals surface area contributed by atoms with E-state index in [9.17, 15) is 9.59 Å². The SMILES string of the molecule is CC(C(=O)NC1CCN(c2ccccc2Cl)C1=O)C(N)c1ccccc1. The number of para-hydroxylation sites is 1. The Hall–Kier alpha value is -2.37. The lowest BCUT2D eigenvalue weighted by Crippen LogP contribution is -2.45. The highest BCUT2D eigenvalue weighted by atomic mass is 35.5. The molecule has 136 valence electrons. The highest BCUT2D eigenvalue weighted by Crippen LogP contribution is 2.29. The minimum atomic E-state index is -0.552. The van der Waals surface area contributed by atoms with Crippen LogP contribution in [0.5, 0.6) is 0 Å². The summed E-state index contributed by atoms with van der Waals surface area (Å²) in [6.45, 7) is 2.30. The fourth-order valence-electron chi connectivity index (χ4n) is 3.15. The summed E-state index contributed by atoms with van der Waals surface area (Å²) in [5.41, 5.74) is 7.78. The molecule has 3 N–H and O–H groups in total. The predicted molar refractivity (Wildman–Crippen MR) is 103 cm³/mol. The van der Waals surface area contributed by atoms with Gasteiger partial charge in [-0.15, -0.1) is 0 Å². The first-order chi connectivity index (χ1) is 12.5. The molecule has 1 aliphatic rings. The molecule has 1 heterocycles. The topological polar surface area (TPSA) is 75.4 Å². The van der Waals surface area contributed by atoms with Crippen molar-refractivity contribution in [3.8, 4) is 0 Å². The van der Waals surface area contributed by atoms with Crippen LogP contribution in [-0.2, 0) is 9.59 Å². The number of amides is 2. The molecule has 0 saturated carbocycles. The Morgan fingerprint density at radius 2 is 1.85 bits per heavy atom. The molecule has 0 radical (unpaired) electrons. The number of nitrogens with two attached hydrogens (primary N) is 1. The van der Waals surface area contributed by atoms with Gasteiger partial charge in [-0.3, -0.25) is 9.59 Å². The Bertz CT molecular complexity index is 797. The van der Waals surface area contributed by atoms with Crippen molar-refractivity contribution in [3.63, 3.8) is 0 Å². The van der Waals surface area contributed by atoms with E-state index in [-0.39, 0.29) is 11.8 Å². The normalized spacial score (nSPS) is 19.3. The molecule has 0 aromatic heterocycles. The van der Waals surface area contributed by atoms with Gasteiger partial charge < -0.3 is 16.0 Å². The van der Waals surface area contributed by atoms with Gasteiger partial charge in [-0.1, -0.05) is 61.0 Å². The minimum absolute atomic E-state index is 0.146. The van der Waals surface area contributed by atoms with Crippen LogP contribution in [0.15, 0.2) is 54.6 Å². The van der Waals surface area contributed by atoms with Gasteiger partial charge in [0.15, 0.2) is 0 Å². The molecule has 2 aromatic carbocycles. The number of carbonyl (C=O) groups excluding carboxylic acids is 2. The Kier molecular flexibility index (Phi) is 5.59. The summed E-state index contributed by atoms with van der Waals surface area (Å²) >= 11 is 6.19. The van der Waals surface area contributed by atoms with Crippen LogP contribution in [-0.4, -0.2) is 24.4 Å². The lowest BCUT2D eigenvalue weighted by Gasteiger charge is -2.22. The van der Waals surface area contributed by atoms with E-state index >= 15 is 0 Å². The van der Waals surface area contributed by atoms with E-state index in [2.05, 4.69) is 5.32 Å². The van der Waals surface area contributed by atoms with E-state index in [1.165, 1.54) is 0 Å². The first kappa shape index (κ1) is 18.4. The summed E-state index contributed by atoms with van der Waals surface area (Å²) in [6, 6.07) is 15.7. The van der Waals surface area contributed by atoms with Gasteiger partial charge in [-0.25, -0.2) is 0 Å². The summed E-state index contributed by atoms with van der Waals surface area (Å²) in [5.74, 6) is -0.813. The zero-order valence-electron chi connectivity index (χ0n) is 14.6. The average Bonchev–Trinajstić information content (AvgIpc) is 3.02. The second kappa shape index (κ2) is 7.89. The van der Waals surface area contributed by atoms with Crippen molar-refractivity contribution in [2.75, 3.05) is 11.4 Å². The third-order valence-corrected chi connectivity index (χ3v) is 5.12. The summed E-state index contributed by atoms with van der Waals surface area (Å²) in [4.78, 5) is 26.9. The quantitative estimate of drug-likeness (QED) is 0.848. The molecule has 1 fully saturated rings. The zero-order valence-corrected chi connectivity index (χ0v) is 15.3. The van der Waals surface area contributed by atoms with E-state index in [0.29, 0.717) is 23.7 Å². The first-order valence-electron chi connectivity index (χ1n) is 8.66. The van der Waals surface area contributed by atoms with Gasteiger partial charge in [0.2, 0.25) is 11.8 Å². The number of nitrogens with zero attached hydrogens (tertiary/aromatic N) is 1. The van der Waals surface area contributed by atoms with Crippen LogP contribution in [0.4, 0.5) is 5.69 Å². The number of hydrogen-bond acceptors (Lipinski definition) is 3. The fraction of sp³-hybridized carbons (Fsp3) is 0.300. The number of hydrogen-bond donors (Lipinski definition) is 2. The van der Waals surface area contributed by atoms with Gasteiger partial charge in [0.1, 0.15) is 6.04 Å². The first-order valence-corrected chi connectivity index (χ1v) is 9.03. The summed E-state index contributed by atoms with van der Waals surface area (Å²) in [6.07, 6.45) is 0.545. The van der Waals surface area contributed by atoms with E-state index in [1.54, 1.807) is 24.0 Å². The van der Waals surface area contributed by atoms with Crippen molar-refractivity contribution in [1.82, 2.24) is 5.32 Å². The fourth-order valence-corrected chi connectivity index (χ4v) is 3.39. The molecule has 3 unspecified atom stereocenters. The van der Waals surface area contributed by atoms with E-state index < -0.39 is 18.0 Å². The Labute approximate surface area is 158 Å². The molecule has 0 bridgehead atoms. The predicted octanol–water partition coefficient (Wildman–Crippen LogP) is 2.90. The molecular formula is C20H22ClN3O2. The van der Waals surface area contributed by atoms with Gasteiger partial charge in [0.25, 0.3) is 0 Å². The zero-order chi connectivity index (χ0) is 18.7. The Morgan fingerprint density at radius 3 is 2.54 bits per heavy atom. The summed E-state index contributed by atoms with van der Waals surface area (Å²) < 4.78 is 0. The molecule has 0 aliphatic carbocycles. The molecular weight excluding hydrogens is 350 g/mol. The van der Waals surface area contributed by atoms with Crippen molar-refractivity contribution in [3.05, 3.63) is 65.2 Å². The van der Waals surface area contributed by atoms with Gasteiger partial charge >= 0.3 is 0 Å². The Morgan fingerprint density at radius 1 is 1.19 bits per heavy atom. The highest BCUT2D eigenvalue weighted by Gasteiger charge is 2.35. The maximum absolute atomic E-state index is 12.7. The van der Waals surface area contributed by atoms with Crippen molar-refractivity contribution in [1.29, 1.82) is 0 Å². The number of carbonyl (C=O) groups is 2. The van der Waals surface area contributed by atoms with Gasteiger partial charge in [-0.05, 0) is 24.1 Å². The van der Waals surface area contributed by atoms with Crippen LogP contribution in [0.3, 0.4) is 0 Å². The number of benzene rings is 2. The van der Waals surface area contributed by atoms with E-state index in [1.807, 2.05) is 42.5 Å². The van der Waals surface area contributed by atoms with Crippen LogP contribution < -0.4 is 16.0 Å².